The van der Waals surface area contributed by atoms with Gasteiger partial charge in [-0.05, 0) is 43.9 Å². The van der Waals surface area contributed by atoms with Crippen LogP contribution in [-0.4, -0.2) is 25.7 Å². The predicted octanol–water partition coefficient (Wildman–Crippen LogP) is 2.73. The molecule has 1 rings (SSSR count). The average molecular weight is 264 g/mol. The zero-order chi connectivity index (χ0) is 13.9. The van der Waals surface area contributed by atoms with E-state index in [4.69, 9.17) is 4.74 Å². The number of urea groups is 1. The van der Waals surface area contributed by atoms with Gasteiger partial charge in [-0.1, -0.05) is 19.1 Å². The van der Waals surface area contributed by atoms with Crippen LogP contribution in [0.2, 0.25) is 0 Å². The Morgan fingerprint density at radius 3 is 2.42 bits per heavy atom. The third kappa shape index (κ3) is 6.70. The second-order valence-corrected chi connectivity index (χ2v) is 4.36. The molecule has 0 saturated carbocycles. The van der Waals surface area contributed by atoms with E-state index in [1.54, 1.807) is 0 Å². The van der Waals surface area contributed by atoms with Crippen molar-refractivity contribution in [3.63, 3.8) is 0 Å². The minimum Gasteiger partial charge on any atom is -0.494 e. The first-order valence-corrected chi connectivity index (χ1v) is 6.99. The summed E-state index contributed by atoms with van der Waals surface area (Å²) >= 11 is 0. The number of hydrogen-bond acceptors (Lipinski definition) is 2. The van der Waals surface area contributed by atoms with Crippen molar-refractivity contribution < 1.29 is 9.53 Å². The van der Waals surface area contributed by atoms with Gasteiger partial charge >= 0.3 is 6.03 Å². The summed E-state index contributed by atoms with van der Waals surface area (Å²) in [5.41, 5.74) is 1.26. The second kappa shape index (κ2) is 9.25. The highest BCUT2D eigenvalue weighted by atomic mass is 16.5. The molecule has 0 fully saturated rings. The number of nitrogens with one attached hydrogen (secondary N) is 2. The Hall–Kier alpha value is -1.71. The maximum absolute atomic E-state index is 11.3. The summed E-state index contributed by atoms with van der Waals surface area (Å²) in [6, 6.07) is 8.04. The van der Waals surface area contributed by atoms with E-state index in [2.05, 4.69) is 22.8 Å². The van der Waals surface area contributed by atoms with Crippen molar-refractivity contribution >= 4 is 6.03 Å². The van der Waals surface area contributed by atoms with E-state index in [1.165, 1.54) is 5.56 Å². The number of carbonyl (C=O) groups is 1. The number of hydrogen-bond donors (Lipinski definition) is 2. The fourth-order valence-electron chi connectivity index (χ4n) is 1.71. The fourth-order valence-corrected chi connectivity index (χ4v) is 1.71. The average Bonchev–Trinajstić information content (AvgIpc) is 2.43. The van der Waals surface area contributed by atoms with Crippen molar-refractivity contribution in [3.8, 4) is 5.75 Å². The summed E-state index contributed by atoms with van der Waals surface area (Å²) in [6.45, 7) is 6.12. The lowest BCUT2D eigenvalue weighted by atomic mass is 10.1. The standard InChI is InChI=1S/C15H24N2O2/c1-3-11-16-15(18)17-12-5-6-13-7-9-14(10-8-13)19-4-2/h7-10H,3-6,11-12H2,1-2H3,(H2,16,17,18). The van der Waals surface area contributed by atoms with E-state index in [0.717, 1.165) is 31.6 Å². The van der Waals surface area contributed by atoms with Gasteiger partial charge < -0.3 is 15.4 Å². The summed E-state index contributed by atoms with van der Waals surface area (Å²) in [4.78, 5) is 11.3. The van der Waals surface area contributed by atoms with Gasteiger partial charge in [0.05, 0.1) is 6.61 Å². The molecule has 0 aromatic heterocycles. The lowest BCUT2D eigenvalue weighted by molar-refractivity contribution is 0.241. The lowest BCUT2D eigenvalue weighted by Crippen LogP contribution is -2.36. The van der Waals surface area contributed by atoms with Crippen LogP contribution in [0.15, 0.2) is 24.3 Å². The van der Waals surface area contributed by atoms with Crippen LogP contribution < -0.4 is 15.4 Å². The maximum Gasteiger partial charge on any atom is 0.314 e. The minimum absolute atomic E-state index is 0.0754. The van der Waals surface area contributed by atoms with E-state index in [1.807, 2.05) is 26.0 Å². The predicted molar refractivity (Wildman–Crippen MR) is 77.6 cm³/mol. The third-order valence-corrected chi connectivity index (χ3v) is 2.70. The highest BCUT2D eigenvalue weighted by Gasteiger charge is 1.98. The van der Waals surface area contributed by atoms with Crippen molar-refractivity contribution in [2.75, 3.05) is 19.7 Å². The third-order valence-electron chi connectivity index (χ3n) is 2.70. The van der Waals surface area contributed by atoms with E-state index in [-0.39, 0.29) is 6.03 Å². The second-order valence-electron chi connectivity index (χ2n) is 4.36. The Morgan fingerprint density at radius 1 is 1.11 bits per heavy atom. The van der Waals surface area contributed by atoms with Gasteiger partial charge in [-0.25, -0.2) is 4.79 Å². The Morgan fingerprint density at radius 2 is 1.79 bits per heavy atom. The Bertz CT molecular complexity index is 363. The minimum atomic E-state index is -0.0754. The molecule has 2 N–H and O–H groups in total. The van der Waals surface area contributed by atoms with Crippen LogP contribution in [0, 0.1) is 0 Å². The zero-order valence-corrected chi connectivity index (χ0v) is 11.9. The number of carbonyl (C=O) groups excluding carboxylic acids is 1. The maximum atomic E-state index is 11.3. The van der Waals surface area contributed by atoms with E-state index in [9.17, 15) is 4.79 Å². The molecule has 4 nitrogen and oxygen atoms in total. The van der Waals surface area contributed by atoms with Gasteiger partial charge in [0.25, 0.3) is 0 Å². The van der Waals surface area contributed by atoms with Crippen LogP contribution in [0.4, 0.5) is 4.79 Å². The van der Waals surface area contributed by atoms with Crippen LogP contribution >= 0.6 is 0 Å². The molecule has 0 aliphatic carbocycles. The smallest absolute Gasteiger partial charge is 0.314 e. The summed E-state index contributed by atoms with van der Waals surface area (Å²) in [6.07, 6.45) is 2.85. The van der Waals surface area contributed by atoms with E-state index in [0.29, 0.717) is 13.2 Å². The molecule has 1 aromatic rings. The largest absolute Gasteiger partial charge is 0.494 e. The topological polar surface area (TPSA) is 50.4 Å². The molecule has 0 heterocycles. The number of benzene rings is 1. The van der Waals surface area contributed by atoms with Crippen LogP contribution in [-0.2, 0) is 6.42 Å². The molecule has 0 bridgehead atoms. The molecule has 0 spiro atoms. The lowest BCUT2D eigenvalue weighted by Gasteiger charge is -2.07. The van der Waals surface area contributed by atoms with Crippen LogP contribution in [0.3, 0.4) is 0 Å². The van der Waals surface area contributed by atoms with Crippen molar-refractivity contribution in [1.82, 2.24) is 10.6 Å². The fraction of sp³-hybridized carbons (Fsp3) is 0.533. The first kappa shape index (κ1) is 15.3. The highest BCUT2D eigenvalue weighted by molar-refractivity contribution is 5.73. The van der Waals surface area contributed by atoms with Crippen molar-refractivity contribution in [2.45, 2.75) is 33.1 Å². The van der Waals surface area contributed by atoms with Crippen molar-refractivity contribution in [1.29, 1.82) is 0 Å². The summed E-state index contributed by atoms with van der Waals surface area (Å²) in [7, 11) is 0. The molecular formula is C15H24N2O2. The number of amides is 2. The first-order valence-electron chi connectivity index (χ1n) is 6.99. The SMILES string of the molecule is CCCNC(=O)NCCCc1ccc(OCC)cc1. The van der Waals surface area contributed by atoms with Gasteiger partial charge in [0.15, 0.2) is 0 Å². The van der Waals surface area contributed by atoms with Gasteiger partial charge in [0.1, 0.15) is 5.75 Å². The van der Waals surface area contributed by atoms with Crippen molar-refractivity contribution in [2.24, 2.45) is 0 Å². The molecule has 19 heavy (non-hydrogen) atoms. The van der Waals surface area contributed by atoms with Crippen LogP contribution in [0.1, 0.15) is 32.3 Å². The van der Waals surface area contributed by atoms with Crippen LogP contribution in [0.25, 0.3) is 0 Å². The molecule has 4 heteroatoms. The number of aryl methyl sites for hydroxylation is 1. The summed E-state index contributed by atoms with van der Waals surface area (Å²) in [5, 5.41) is 5.63. The Labute approximate surface area is 115 Å². The molecule has 0 saturated heterocycles. The van der Waals surface area contributed by atoms with E-state index >= 15 is 0 Å². The molecular weight excluding hydrogens is 240 g/mol. The molecule has 2 amide bonds. The summed E-state index contributed by atoms with van der Waals surface area (Å²) < 4.78 is 5.39. The highest BCUT2D eigenvalue weighted by Crippen LogP contribution is 2.12. The first-order chi connectivity index (χ1) is 9.26. The Kier molecular flexibility index (Phi) is 7.47. The Balaban J connectivity index is 2.16. The molecule has 106 valence electrons. The molecule has 0 aliphatic heterocycles. The van der Waals surface area contributed by atoms with Gasteiger partial charge in [-0.3, -0.25) is 0 Å². The monoisotopic (exact) mass is 264 g/mol. The van der Waals surface area contributed by atoms with Gasteiger partial charge in [0.2, 0.25) is 0 Å². The van der Waals surface area contributed by atoms with Gasteiger partial charge in [0, 0.05) is 13.1 Å². The zero-order valence-electron chi connectivity index (χ0n) is 11.9. The molecule has 1 aromatic carbocycles. The summed E-state index contributed by atoms with van der Waals surface area (Å²) in [5.74, 6) is 0.906. The van der Waals surface area contributed by atoms with Gasteiger partial charge in [-0.15, -0.1) is 0 Å². The van der Waals surface area contributed by atoms with Crippen LogP contribution in [0.5, 0.6) is 5.75 Å². The normalized spacial score (nSPS) is 10.0. The molecule has 0 aliphatic rings. The molecule has 0 unspecified atom stereocenters. The number of ether oxygens (including phenoxy) is 1. The number of rotatable bonds is 8. The van der Waals surface area contributed by atoms with Gasteiger partial charge in [-0.2, -0.15) is 0 Å². The molecule has 0 radical (unpaired) electrons. The molecule has 0 atom stereocenters. The van der Waals surface area contributed by atoms with Crippen molar-refractivity contribution in [3.05, 3.63) is 29.8 Å². The quantitative estimate of drug-likeness (QED) is 0.709. The van der Waals surface area contributed by atoms with E-state index < -0.39 is 0 Å².